The van der Waals surface area contributed by atoms with Crippen molar-refractivity contribution in [2.24, 2.45) is 0 Å². The molecule has 2 aromatic rings. The first-order chi connectivity index (χ1) is 13.8. The SMILES string of the molecule is CCOc1ccc(OC2CN(c3ccc(C(C)NC(=O)C(F)(F)F)cc3)C2)cc1. The molecule has 0 spiro atoms. The van der Waals surface area contributed by atoms with Crippen molar-refractivity contribution < 1.29 is 27.4 Å². The lowest BCUT2D eigenvalue weighted by Gasteiger charge is -2.40. The zero-order chi connectivity index (χ0) is 21.0. The molecule has 1 saturated heterocycles. The third-order valence-electron chi connectivity index (χ3n) is 4.65. The second kappa shape index (κ2) is 8.63. The molecule has 5 nitrogen and oxygen atoms in total. The Morgan fingerprint density at radius 2 is 1.69 bits per heavy atom. The number of benzene rings is 2. The number of alkyl halides is 3. The Balaban J connectivity index is 1.49. The van der Waals surface area contributed by atoms with Crippen molar-refractivity contribution in [2.75, 3.05) is 24.6 Å². The van der Waals surface area contributed by atoms with E-state index in [1.165, 1.54) is 6.92 Å². The second-order valence-corrected chi connectivity index (χ2v) is 6.83. The lowest BCUT2D eigenvalue weighted by molar-refractivity contribution is -0.174. The van der Waals surface area contributed by atoms with Crippen LogP contribution in [0.15, 0.2) is 48.5 Å². The normalized spacial score (nSPS) is 15.4. The van der Waals surface area contributed by atoms with E-state index in [1.807, 2.05) is 48.6 Å². The zero-order valence-electron chi connectivity index (χ0n) is 16.2. The second-order valence-electron chi connectivity index (χ2n) is 6.83. The third-order valence-corrected chi connectivity index (χ3v) is 4.65. The molecule has 0 aliphatic carbocycles. The van der Waals surface area contributed by atoms with Gasteiger partial charge in [0, 0.05) is 5.69 Å². The van der Waals surface area contributed by atoms with Crippen molar-refractivity contribution in [2.45, 2.75) is 32.2 Å². The summed E-state index contributed by atoms with van der Waals surface area (Å²) in [5.74, 6) is -0.357. The number of ether oxygens (including phenoxy) is 2. The molecule has 3 rings (SSSR count). The van der Waals surface area contributed by atoms with Gasteiger partial charge in [-0.15, -0.1) is 0 Å². The van der Waals surface area contributed by atoms with Gasteiger partial charge in [0.1, 0.15) is 17.6 Å². The van der Waals surface area contributed by atoms with Crippen molar-refractivity contribution in [3.63, 3.8) is 0 Å². The van der Waals surface area contributed by atoms with Gasteiger partial charge in [-0.3, -0.25) is 4.79 Å². The van der Waals surface area contributed by atoms with Gasteiger partial charge in [0.05, 0.1) is 25.7 Å². The molecule has 8 heteroatoms. The molecule has 1 aliphatic rings. The topological polar surface area (TPSA) is 50.8 Å². The predicted molar refractivity (Wildman–Crippen MR) is 103 cm³/mol. The first-order valence-corrected chi connectivity index (χ1v) is 9.38. The van der Waals surface area contributed by atoms with Crippen molar-refractivity contribution in [1.82, 2.24) is 5.32 Å². The minimum atomic E-state index is -4.88. The standard InChI is InChI=1S/C21H23F3N2O3/c1-3-28-17-8-10-18(11-9-17)29-19-12-26(13-19)16-6-4-15(5-7-16)14(2)25-20(27)21(22,23)24/h4-11,14,19H,3,12-13H2,1-2H3,(H,25,27). The lowest BCUT2D eigenvalue weighted by Crippen LogP contribution is -2.54. The molecule has 1 amide bonds. The molecule has 2 aromatic carbocycles. The fourth-order valence-corrected chi connectivity index (χ4v) is 3.03. The summed E-state index contributed by atoms with van der Waals surface area (Å²) in [6, 6.07) is 13.9. The molecular weight excluding hydrogens is 385 g/mol. The number of rotatable bonds is 7. The summed E-state index contributed by atoms with van der Waals surface area (Å²) in [4.78, 5) is 13.2. The van der Waals surface area contributed by atoms with Gasteiger partial charge in [0.25, 0.3) is 0 Å². The molecule has 1 aliphatic heterocycles. The van der Waals surface area contributed by atoms with Gasteiger partial charge in [-0.1, -0.05) is 12.1 Å². The van der Waals surface area contributed by atoms with E-state index in [9.17, 15) is 18.0 Å². The number of carbonyl (C=O) groups excluding carboxylic acids is 1. The summed E-state index contributed by atoms with van der Waals surface area (Å²) in [5.41, 5.74) is 1.56. The van der Waals surface area contributed by atoms with Crippen LogP contribution in [-0.4, -0.2) is 37.9 Å². The van der Waals surface area contributed by atoms with Gasteiger partial charge in [-0.05, 0) is 55.8 Å². The number of amides is 1. The van der Waals surface area contributed by atoms with Gasteiger partial charge in [-0.25, -0.2) is 0 Å². The van der Waals surface area contributed by atoms with Crippen LogP contribution < -0.4 is 19.7 Å². The monoisotopic (exact) mass is 408 g/mol. The molecule has 1 N–H and O–H groups in total. The van der Waals surface area contributed by atoms with Crippen molar-refractivity contribution in [1.29, 1.82) is 0 Å². The van der Waals surface area contributed by atoms with Crippen molar-refractivity contribution in [3.05, 3.63) is 54.1 Å². The number of anilines is 1. The van der Waals surface area contributed by atoms with E-state index in [0.717, 1.165) is 17.2 Å². The van der Waals surface area contributed by atoms with Crippen LogP contribution in [0.4, 0.5) is 18.9 Å². The Morgan fingerprint density at radius 3 is 2.24 bits per heavy atom. The number of nitrogens with zero attached hydrogens (tertiary/aromatic N) is 1. The molecular formula is C21H23F3N2O3. The predicted octanol–water partition coefficient (Wildman–Crippen LogP) is 4.09. The first kappa shape index (κ1) is 20.8. The van der Waals surface area contributed by atoms with E-state index in [0.29, 0.717) is 25.3 Å². The highest BCUT2D eigenvalue weighted by Gasteiger charge is 2.39. The van der Waals surface area contributed by atoms with Gasteiger partial charge >= 0.3 is 12.1 Å². The molecule has 1 fully saturated rings. The average molecular weight is 408 g/mol. The minimum absolute atomic E-state index is 0.0672. The molecule has 1 atom stereocenters. The number of carbonyl (C=O) groups is 1. The first-order valence-electron chi connectivity index (χ1n) is 9.38. The highest BCUT2D eigenvalue weighted by molar-refractivity contribution is 5.82. The smallest absolute Gasteiger partial charge is 0.471 e. The summed E-state index contributed by atoms with van der Waals surface area (Å²) in [6.45, 7) is 5.49. The molecule has 0 aromatic heterocycles. The molecule has 0 bridgehead atoms. The molecule has 1 heterocycles. The molecule has 156 valence electrons. The van der Waals surface area contributed by atoms with E-state index >= 15 is 0 Å². The van der Waals surface area contributed by atoms with Gasteiger partial charge in [0.15, 0.2) is 0 Å². The third kappa shape index (κ3) is 5.34. The Morgan fingerprint density at radius 1 is 1.10 bits per heavy atom. The Bertz CT molecular complexity index is 817. The van der Waals surface area contributed by atoms with Crippen LogP contribution in [0.25, 0.3) is 0 Å². The lowest BCUT2D eigenvalue weighted by atomic mass is 10.1. The Labute approximate surface area is 167 Å². The van der Waals surface area contributed by atoms with Gasteiger partial charge in [0.2, 0.25) is 0 Å². The molecule has 29 heavy (non-hydrogen) atoms. The number of nitrogens with one attached hydrogen (secondary N) is 1. The number of hydrogen-bond acceptors (Lipinski definition) is 4. The minimum Gasteiger partial charge on any atom is -0.494 e. The molecule has 0 radical (unpaired) electrons. The Kier molecular flexibility index (Phi) is 6.20. The van der Waals surface area contributed by atoms with Crippen LogP contribution in [0.1, 0.15) is 25.5 Å². The largest absolute Gasteiger partial charge is 0.494 e. The van der Waals surface area contributed by atoms with Crippen LogP contribution in [0.3, 0.4) is 0 Å². The van der Waals surface area contributed by atoms with E-state index in [4.69, 9.17) is 9.47 Å². The van der Waals surface area contributed by atoms with Crippen molar-refractivity contribution >= 4 is 11.6 Å². The summed E-state index contributed by atoms with van der Waals surface area (Å²) in [6.07, 6.45) is -4.82. The Hall–Kier alpha value is -2.90. The highest BCUT2D eigenvalue weighted by Crippen LogP contribution is 2.27. The van der Waals surface area contributed by atoms with Gasteiger partial charge < -0.3 is 19.7 Å². The molecule has 0 saturated carbocycles. The van der Waals surface area contributed by atoms with Crippen LogP contribution in [0.5, 0.6) is 11.5 Å². The van der Waals surface area contributed by atoms with Crippen molar-refractivity contribution in [3.8, 4) is 11.5 Å². The van der Waals surface area contributed by atoms with E-state index in [2.05, 4.69) is 4.90 Å². The summed E-state index contributed by atoms with van der Waals surface area (Å²) in [5, 5.41) is 1.95. The molecule has 1 unspecified atom stereocenters. The fourth-order valence-electron chi connectivity index (χ4n) is 3.03. The quantitative estimate of drug-likeness (QED) is 0.750. The van der Waals surface area contributed by atoms with E-state index < -0.39 is 18.1 Å². The summed E-state index contributed by atoms with van der Waals surface area (Å²) in [7, 11) is 0. The number of halogens is 3. The maximum absolute atomic E-state index is 12.4. The summed E-state index contributed by atoms with van der Waals surface area (Å²) < 4.78 is 48.4. The zero-order valence-corrected chi connectivity index (χ0v) is 16.2. The van der Waals surface area contributed by atoms with Crippen LogP contribution in [0, 0.1) is 0 Å². The summed E-state index contributed by atoms with van der Waals surface area (Å²) >= 11 is 0. The van der Waals surface area contributed by atoms with Crippen LogP contribution in [0.2, 0.25) is 0 Å². The van der Waals surface area contributed by atoms with E-state index in [1.54, 1.807) is 12.1 Å². The fraction of sp³-hybridized carbons (Fsp3) is 0.381. The highest BCUT2D eigenvalue weighted by atomic mass is 19.4. The maximum Gasteiger partial charge on any atom is 0.471 e. The average Bonchev–Trinajstić information content (AvgIpc) is 2.65. The maximum atomic E-state index is 12.4. The van der Waals surface area contributed by atoms with Crippen LogP contribution >= 0.6 is 0 Å². The van der Waals surface area contributed by atoms with Crippen LogP contribution in [-0.2, 0) is 4.79 Å². The van der Waals surface area contributed by atoms with Gasteiger partial charge in [-0.2, -0.15) is 13.2 Å². The van der Waals surface area contributed by atoms with E-state index in [-0.39, 0.29) is 6.10 Å². The number of hydrogen-bond donors (Lipinski definition) is 1.